The minimum Gasteiger partial charge on any atom is -0.482 e. The molecule has 0 radical (unpaired) electrons. The lowest BCUT2D eigenvalue weighted by molar-refractivity contribution is -0.139. The average Bonchev–Trinajstić information content (AvgIpc) is 2.36. The Labute approximate surface area is 106 Å². The Morgan fingerprint density at radius 2 is 1.94 bits per heavy atom. The van der Waals surface area contributed by atoms with Gasteiger partial charge in [0.2, 0.25) is 5.91 Å². The van der Waals surface area contributed by atoms with Crippen molar-refractivity contribution in [2.75, 3.05) is 6.61 Å². The normalized spacial score (nSPS) is 11.7. The van der Waals surface area contributed by atoms with Crippen LogP contribution in [0.5, 0.6) is 5.75 Å². The average molecular weight is 251 g/mol. The molecule has 0 saturated heterocycles. The lowest BCUT2D eigenvalue weighted by Crippen LogP contribution is -2.25. The molecule has 0 bridgehead atoms. The first kappa shape index (κ1) is 14.0. The van der Waals surface area contributed by atoms with E-state index in [0.29, 0.717) is 12.2 Å². The summed E-state index contributed by atoms with van der Waals surface area (Å²) in [6.45, 7) is 3.33. The van der Waals surface area contributed by atoms with Crippen molar-refractivity contribution in [1.82, 2.24) is 5.32 Å². The summed E-state index contributed by atoms with van der Waals surface area (Å²) in [7, 11) is 0. The Morgan fingerprint density at radius 1 is 1.33 bits per heavy atom. The molecule has 1 amide bonds. The van der Waals surface area contributed by atoms with Crippen molar-refractivity contribution in [3.05, 3.63) is 29.8 Å². The first-order valence-electron chi connectivity index (χ1n) is 5.76. The molecule has 0 aromatic heterocycles. The van der Waals surface area contributed by atoms with E-state index < -0.39 is 5.97 Å². The number of carboxylic acid groups (broad SMARTS) is 1. The summed E-state index contributed by atoms with van der Waals surface area (Å²) in [5.41, 5.74) is 0.944. The lowest BCUT2D eigenvalue weighted by Gasteiger charge is -2.14. The van der Waals surface area contributed by atoms with Crippen LogP contribution in [-0.4, -0.2) is 23.6 Å². The SMILES string of the molecule is CCC(=O)NC(C)c1ccc(OCC(=O)O)cc1. The van der Waals surface area contributed by atoms with Gasteiger partial charge in [-0.1, -0.05) is 19.1 Å². The van der Waals surface area contributed by atoms with Gasteiger partial charge in [0.25, 0.3) is 0 Å². The summed E-state index contributed by atoms with van der Waals surface area (Å²) in [5.74, 6) is -0.522. The molecule has 0 aliphatic heterocycles. The van der Waals surface area contributed by atoms with Crippen molar-refractivity contribution in [1.29, 1.82) is 0 Å². The van der Waals surface area contributed by atoms with Crippen molar-refractivity contribution in [2.45, 2.75) is 26.3 Å². The zero-order chi connectivity index (χ0) is 13.5. The van der Waals surface area contributed by atoms with E-state index in [4.69, 9.17) is 9.84 Å². The van der Waals surface area contributed by atoms with Crippen LogP contribution in [0, 0.1) is 0 Å². The fraction of sp³-hybridized carbons (Fsp3) is 0.385. The van der Waals surface area contributed by atoms with Gasteiger partial charge in [0.05, 0.1) is 6.04 Å². The molecule has 0 spiro atoms. The monoisotopic (exact) mass is 251 g/mol. The Morgan fingerprint density at radius 3 is 2.44 bits per heavy atom. The molecule has 5 nitrogen and oxygen atoms in total. The molecule has 0 aliphatic carbocycles. The summed E-state index contributed by atoms with van der Waals surface area (Å²) in [6.07, 6.45) is 0.449. The topological polar surface area (TPSA) is 75.6 Å². The second-order valence-corrected chi connectivity index (χ2v) is 3.89. The number of benzene rings is 1. The summed E-state index contributed by atoms with van der Waals surface area (Å²) in [4.78, 5) is 21.6. The van der Waals surface area contributed by atoms with E-state index >= 15 is 0 Å². The second kappa shape index (κ2) is 6.64. The Hall–Kier alpha value is -2.04. The van der Waals surface area contributed by atoms with Crippen LogP contribution >= 0.6 is 0 Å². The van der Waals surface area contributed by atoms with Gasteiger partial charge in [-0.25, -0.2) is 4.79 Å². The lowest BCUT2D eigenvalue weighted by atomic mass is 10.1. The second-order valence-electron chi connectivity index (χ2n) is 3.89. The predicted octanol–water partition coefficient (Wildman–Crippen LogP) is 1.74. The molecule has 18 heavy (non-hydrogen) atoms. The van der Waals surface area contributed by atoms with Crippen LogP contribution in [0.25, 0.3) is 0 Å². The first-order valence-corrected chi connectivity index (χ1v) is 5.76. The Balaban J connectivity index is 2.58. The summed E-state index contributed by atoms with van der Waals surface area (Å²) in [6, 6.07) is 6.90. The molecule has 1 unspecified atom stereocenters. The number of carboxylic acids is 1. The highest BCUT2D eigenvalue weighted by Gasteiger charge is 2.08. The number of ether oxygens (including phenoxy) is 1. The predicted molar refractivity (Wildman–Crippen MR) is 66.4 cm³/mol. The minimum atomic E-state index is -1.01. The zero-order valence-electron chi connectivity index (χ0n) is 10.5. The molecule has 0 saturated carbocycles. The number of carbonyl (C=O) groups excluding carboxylic acids is 1. The van der Waals surface area contributed by atoms with Crippen LogP contribution in [-0.2, 0) is 9.59 Å². The van der Waals surface area contributed by atoms with E-state index in [-0.39, 0.29) is 18.6 Å². The van der Waals surface area contributed by atoms with E-state index in [1.54, 1.807) is 31.2 Å². The molecule has 0 aliphatic rings. The van der Waals surface area contributed by atoms with Crippen LogP contribution in [0.3, 0.4) is 0 Å². The Kier molecular flexibility index (Phi) is 5.17. The molecular weight excluding hydrogens is 234 g/mol. The Bertz CT molecular complexity index is 414. The van der Waals surface area contributed by atoms with Crippen molar-refractivity contribution in [2.24, 2.45) is 0 Å². The van der Waals surface area contributed by atoms with Crippen molar-refractivity contribution >= 4 is 11.9 Å². The van der Waals surface area contributed by atoms with Gasteiger partial charge in [0, 0.05) is 6.42 Å². The molecule has 98 valence electrons. The van der Waals surface area contributed by atoms with Gasteiger partial charge in [-0.15, -0.1) is 0 Å². The van der Waals surface area contributed by atoms with Crippen LogP contribution in [0.2, 0.25) is 0 Å². The molecule has 0 heterocycles. The number of hydrogen-bond donors (Lipinski definition) is 2. The van der Waals surface area contributed by atoms with Crippen LogP contribution in [0.4, 0.5) is 0 Å². The minimum absolute atomic E-state index is 0.00583. The third-order valence-corrected chi connectivity index (χ3v) is 2.44. The molecular formula is C13H17NO4. The number of hydrogen-bond acceptors (Lipinski definition) is 3. The molecule has 1 rings (SSSR count). The van der Waals surface area contributed by atoms with Crippen molar-refractivity contribution < 1.29 is 19.4 Å². The quantitative estimate of drug-likeness (QED) is 0.807. The van der Waals surface area contributed by atoms with Gasteiger partial charge >= 0.3 is 5.97 Å². The summed E-state index contributed by atoms with van der Waals surface area (Å²) >= 11 is 0. The highest BCUT2D eigenvalue weighted by Crippen LogP contribution is 2.17. The summed E-state index contributed by atoms with van der Waals surface area (Å²) in [5, 5.41) is 11.3. The summed E-state index contributed by atoms with van der Waals surface area (Å²) < 4.78 is 5.02. The molecule has 1 atom stereocenters. The van der Waals surface area contributed by atoms with Gasteiger partial charge in [-0.3, -0.25) is 4.79 Å². The van der Waals surface area contributed by atoms with E-state index in [2.05, 4.69) is 5.32 Å². The number of rotatable bonds is 6. The maximum absolute atomic E-state index is 11.2. The fourth-order valence-electron chi connectivity index (χ4n) is 1.42. The molecule has 0 fully saturated rings. The van der Waals surface area contributed by atoms with E-state index in [1.165, 1.54) is 0 Å². The third kappa shape index (κ3) is 4.45. The maximum atomic E-state index is 11.2. The van der Waals surface area contributed by atoms with Gasteiger partial charge < -0.3 is 15.2 Å². The van der Waals surface area contributed by atoms with Gasteiger partial charge in [-0.2, -0.15) is 0 Å². The highest BCUT2D eigenvalue weighted by molar-refractivity contribution is 5.76. The van der Waals surface area contributed by atoms with Gasteiger partial charge in [0.15, 0.2) is 6.61 Å². The molecule has 1 aromatic rings. The van der Waals surface area contributed by atoms with E-state index in [9.17, 15) is 9.59 Å². The molecule has 2 N–H and O–H groups in total. The van der Waals surface area contributed by atoms with Crippen LogP contribution in [0.15, 0.2) is 24.3 Å². The standard InChI is InChI=1S/C13H17NO4/c1-3-12(15)14-9(2)10-4-6-11(7-5-10)18-8-13(16)17/h4-7,9H,3,8H2,1-2H3,(H,14,15)(H,16,17). The number of amides is 1. The van der Waals surface area contributed by atoms with E-state index in [0.717, 1.165) is 5.56 Å². The van der Waals surface area contributed by atoms with E-state index in [1.807, 2.05) is 6.92 Å². The molecule has 1 aromatic carbocycles. The number of nitrogens with one attached hydrogen (secondary N) is 1. The maximum Gasteiger partial charge on any atom is 0.341 e. The smallest absolute Gasteiger partial charge is 0.341 e. The van der Waals surface area contributed by atoms with Crippen LogP contribution in [0.1, 0.15) is 31.9 Å². The number of aliphatic carboxylic acids is 1. The molecule has 5 heteroatoms. The van der Waals surface area contributed by atoms with Gasteiger partial charge in [0.1, 0.15) is 5.75 Å². The van der Waals surface area contributed by atoms with Crippen molar-refractivity contribution in [3.8, 4) is 5.75 Å². The largest absolute Gasteiger partial charge is 0.482 e. The number of carbonyl (C=O) groups is 2. The third-order valence-electron chi connectivity index (χ3n) is 2.44. The van der Waals surface area contributed by atoms with Crippen molar-refractivity contribution in [3.63, 3.8) is 0 Å². The van der Waals surface area contributed by atoms with Crippen LogP contribution < -0.4 is 10.1 Å². The van der Waals surface area contributed by atoms with Gasteiger partial charge in [-0.05, 0) is 24.6 Å². The first-order chi connectivity index (χ1) is 8.52. The fourth-order valence-corrected chi connectivity index (χ4v) is 1.42. The highest BCUT2D eigenvalue weighted by atomic mass is 16.5. The zero-order valence-corrected chi connectivity index (χ0v) is 10.5.